The van der Waals surface area contributed by atoms with Gasteiger partial charge in [0, 0.05) is 26.0 Å². The van der Waals surface area contributed by atoms with Crippen LogP contribution in [-0.4, -0.2) is 64.2 Å². The lowest BCUT2D eigenvalue weighted by Crippen LogP contribution is -2.63. The lowest BCUT2D eigenvalue weighted by atomic mass is 9.65. The molecule has 38 heavy (non-hydrogen) atoms. The molecule has 2 saturated heterocycles. The van der Waals surface area contributed by atoms with Gasteiger partial charge in [-0.3, -0.25) is 4.84 Å². The predicted octanol–water partition coefficient (Wildman–Crippen LogP) is 4.37. The third-order valence-electron chi connectivity index (χ3n) is 8.60. The minimum absolute atomic E-state index is 0.0110. The maximum atomic E-state index is 14.4. The summed E-state index contributed by atoms with van der Waals surface area (Å²) < 4.78 is 68.3. The van der Waals surface area contributed by atoms with Crippen LogP contribution < -0.4 is 0 Å². The Balaban J connectivity index is 1.63. The number of hydrogen-bond acceptors (Lipinski definition) is 8. The number of rotatable bonds is 10. The molecule has 3 aliphatic rings. The lowest BCUT2D eigenvalue weighted by molar-refractivity contribution is -0.203. The number of sulfone groups is 2. The Morgan fingerprint density at radius 3 is 2.29 bits per heavy atom. The molecule has 2 heterocycles. The molecule has 1 aliphatic carbocycles. The van der Waals surface area contributed by atoms with Crippen LogP contribution in [0, 0.1) is 5.92 Å². The highest BCUT2D eigenvalue weighted by Crippen LogP contribution is 2.60. The van der Waals surface area contributed by atoms with Gasteiger partial charge >= 0.3 is 0 Å². The number of nitrogens with zero attached hydrogens (tertiary/aromatic N) is 1. The summed E-state index contributed by atoms with van der Waals surface area (Å²) in [6, 6.07) is 16.2. The maximum Gasteiger partial charge on any atom is 0.214 e. The topological polar surface area (TPSA) is 99.2 Å². The van der Waals surface area contributed by atoms with Crippen molar-refractivity contribution in [2.45, 2.75) is 83.5 Å². The van der Waals surface area contributed by atoms with Crippen LogP contribution in [0.2, 0.25) is 0 Å². The second-order valence-electron chi connectivity index (χ2n) is 10.7. The van der Waals surface area contributed by atoms with E-state index in [1.54, 1.807) is 48.6 Å². The van der Waals surface area contributed by atoms with Gasteiger partial charge in [0.25, 0.3) is 0 Å². The molecule has 1 unspecified atom stereocenters. The number of piperidine rings is 1. The van der Waals surface area contributed by atoms with Gasteiger partial charge in [0.05, 0.1) is 21.4 Å². The van der Waals surface area contributed by atoms with Gasteiger partial charge in [-0.25, -0.2) is 16.8 Å². The van der Waals surface area contributed by atoms with E-state index < -0.39 is 35.4 Å². The molecule has 2 aliphatic heterocycles. The Labute approximate surface area is 226 Å². The highest BCUT2D eigenvalue weighted by Gasteiger charge is 2.75. The number of benzene rings is 2. The fourth-order valence-corrected chi connectivity index (χ4v) is 11.4. The first-order chi connectivity index (χ1) is 18.2. The van der Waals surface area contributed by atoms with Gasteiger partial charge in [-0.2, -0.15) is 5.06 Å². The molecule has 5 rings (SSSR count). The molecule has 3 fully saturated rings. The summed E-state index contributed by atoms with van der Waals surface area (Å²) >= 11 is 0. The van der Waals surface area contributed by atoms with Gasteiger partial charge in [0.15, 0.2) is 9.84 Å². The van der Waals surface area contributed by atoms with E-state index in [0.29, 0.717) is 0 Å². The molecular formula is C28H37NO7S2. The highest BCUT2D eigenvalue weighted by molar-refractivity contribution is 7.96. The molecule has 8 nitrogen and oxygen atoms in total. The van der Waals surface area contributed by atoms with E-state index in [1.807, 2.05) is 0 Å². The largest absolute Gasteiger partial charge is 0.359 e. The molecule has 6 atom stereocenters. The van der Waals surface area contributed by atoms with Crippen LogP contribution in [0.25, 0.3) is 0 Å². The smallest absolute Gasteiger partial charge is 0.214 e. The van der Waals surface area contributed by atoms with Gasteiger partial charge in [0.2, 0.25) is 14.8 Å². The third kappa shape index (κ3) is 4.33. The molecule has 0 radical (unpaired) electrons. The van der Waals surface area contributed by atoms with Crippen molar-refractivity contribution >= 4 is 19.7 Å². The van der Waals surface area contributed by atoms with Crippen LogP contribution >= 0.6 is 0 Å². The van der Waals surface area contributed by atoms with Gasteiger partial charge in [-0.05, 0) is 49.9 Å². The number of unbranched alkanes of at least 4 members (excludes halogenated alkanes) is 1. The Kier molecular flexibility index (Phi) is 7.76. The van der Waals surface area contributed by atoms with E-state index in [2.05, 4.69) is 6.92 Å². The minimum atomic E-state index is -4.21. The second kappa shape index (κ2) is 10.6. The third-order valence-corrected chi connectivity index (χ3v) is 13.3. The number of fused-ring (bicyclic) bond motifs is 3. The van der Waals surface area contributed by atoms with Crippen molar-refractivity contribution in [2.24, 2.45) is 5.92 Å². The van der Waals surface area contributed by atoms with Crippen LogP contribution in [-0.2, 0) is 34.0 Å². The number of methoxy groups -OCH3 is 1. The minimum Gasteiger partial charge on any atom is -0.359 e. The molecule has 0 aromatic heterocycles. The van der Waals surface area contributed by atoms with E-state index in [-0.39, 0.29) is 41.6 Å². The summed E-state index contributed by atoms with van der Waals surface area (Å²) in [4.78, 5) is 4.67. The van der Waals surface area contributed by atoms with Gasteiger partial charge < -0.3 is 9.47 Å². The number of hydroxylamine groups is 2. The SMILES string of the molecule is CCCC[C@H]1[C@H](OCOC)CCC[C@]12C[C@]1(S(=O)(=O)c3ccccc3)ON2C[C@@H]1S(=O)(=O)c1ccccc1. The molecule has 208 valence electrons. The van der Waals surface area contributed by atoms with E-state index in [1.165, 1.54) is 24.3 Å². The molecule has 0 amide bonds. The van der Waals surface area contributed by atoms with Gasteiger partial charge in [-0.15, -0.1) is 0 Å². The van der Waals surface area contributed by atoms with Crippen LogP contribution in [0.4, 0.5) is 0 Å². The van der Waals surface area contributed by atoms with Crippen LogP contribution in [0.1, 0.15) is 51.9 Å². The lowest BCUT2D eigenvalue weighted by Gasteiger charge is -2.51. The summed E-state index contributed by atoms with van der Waals surface area (Å²) in [6.07, 6.45) is 5.13. The fourth-order valence-electron chi connectivity index (χ4n) is 6.84. The van der Waals surface area contributed by atoms with Crippen molar-refractivity contribution in [2.75, 3.05) is 20.4 Å². The molecule has 1 spiro atoms. The van der Waals surface area contributed by atoms with Crippen molar-refractivity contribution in [3.63, 3.8) is 0 Å². The van der Waals surface area contributed by atoms with Crippen LogP contribution in [0.15, 0.2) is 70.5 Å². The van der Waals surface area contributed by atoms with Crippen molar-refractivity contribution in [3.05, 3.63) is 60.7 Å². The Morgan fingerprint density at radius 2 is 1.66 bits per heavy atom. The molecule has 2 bridgehead atoms. The van der Waals surface area contributed by atoms with E-state index in [4.69, 9.17) is 14.3 Å². The van der Waals surface area contributed by atoms with Crippen LogP contribution in [0.5, 0.6) is 0 Å². The zero-order valence-electron chi connectivity index (χ0n) is 22.0. The Bertz CT molecular complexity index is 1320. The summed E-state index contributed by atoms with van der Waals surface area (Å²) in [5.41, 5.74) is -0.642. The quantitative estimate of drug-likeness (QED) is 0.393. The summed E-state index contributed by atoms with van der Waals surface area (Å²) in [5, 5.41) is 0.460. The first-order valence-corrected chi connectivity index (χ1v) is 16.4. The van der Waals surface area contributed by atoms with Crippen molar-refractivity contribution in [1.82, 2.24) is 5.06 Å². The van der Waals surface area contributed by atoms with E-state index >= 15 is 0 Å². The Hall–Kier alpha value is -1.82. The summed E-state index contributed by atoms with van der Waals surface area (Å²) in [5.74, 6) is -0.0143. The van der Waals surface area contributed by atoms with Crippen molar-refractivity contribution in [3.8, 4) is 0 Å². The summed E-state index contributed by atoms with van der Waals surface area (Å²) in [7, 11) is -6.66. The molecule has 1 saturated carbocycles. The Morgan fingerprint density at radius 1 is 1.00 bits per heavy atom. The van der Waals surface area contributed by atoms with Gasteiger partial charge in [-0.1, -0.05) is 56.2 Å². The average Bonchev–Trinajstić information content (AvgIpc) is 3.49. The first-order valence-electron chi connectivity index (χ1n) is 13.4. The second-order valence-corrected chi connectivity index (χ2v) is 15.0. The van der Waals surface area contributed by atoms with Crippen molar-refractivity contribution in [1.29, 1.82) is 0 Å². The van der Waals surface area contributed by atoms with Crippen LogP contribution in [0.3, 0.4) is 0 Å². The fraction of sp³-hybridized carbons (Fsp3) is 0.571. The maximum absolute atomic E-state index is 14.4. The number of ether oxygens (including phenoxy) is 2. The molecular weight excluding hydrogens is 526 g/mol. The normalized spacial score (nSPS) is 33.1. The zero-order valence-corrected chi connectivity index (χ0v) is 23.6. The standard InChI is InChI=1S/C28H37NO7S2/c1-3-4-16-24-25(35-21-34-2)17-11-18-27(24)20-28(38(32,33)23-14-9-6-10-15-23)26(19-29(27)36-28)37(30,31)22-12-7-5-8-13-22/h5-10,12-15,24-26H,3-4,11,16-21H2,1-2H3/t24-,25+,26-,27-,28+/m0/s1. The number of hydrogen-bond donors (Lipinski definition) is 0. The van der Waals surface area contributed by atoms with E-state index in [9.17, 15) is 16.8 Å². The molecule has 2 aromatic rings. The van der Waals surface area contributed by atoms with Crippen molar-refractivity contribution < 1.29 is 31.1 Å². The average molecular weight is 564 g/mol. The first kappa shape index (κ1) is 27.7. The molecule has 2 aromatic carbocycles. The zero-order chi connectivity index (χ0) is 27.0. The van der Waals surface area contributed by atoms with Gasteiger partial charge in [0.1, 0.15) is 12.0 Å². The molecule has 0 N–H and O–H groups in total. The molecule has 10 heteroatoms. The highest BCUT2D eigenvalue weighted by atomic mass is 32.2. The summed E-state index contributed by atoms with van der Waals surface area (Å²) in [6.45, 7) is 2.27. The predicted molar refractivity (Wildman–Crippen MR) is 143 cm³/mol. The monoisotopic (exact) mass is 563 g/mol. The van der Waals surface area contributed by atoms with E-state index in [0.717, 1.165) is 38.5 Å².